The molecule has 13 heteroatoms. The zero-order chi connectivity index (χ0) is 26.9. The van der Waals surface area contributed by atoms with Gasteiger partial charge < -0.3 is 59.1 Å². The van der Waals surface area contributed by atoms with Crippen molar-refractivity contribution in [1.82, 2.24) is 0 Å². The first kappa shape index (κ1) is 26.7. The molecule has 202 valence electrons. The molecule has 4 rings (SSSR count). The first-order valence-electron chi connectivity index (χ1n) is 11.3. The maximum atomic E-state index is 12.3. The van der Waals surface area contributed by atoms with Gasteiger partial charge in [-0.05, 0) is 29.8 Å². The molecule has 0 aliphatic carbocycles. The van der Waals surface area contributed by atoms with Gasteiger partial charge in [0, 0.05) is 0 Å². The fourth-order valence-electron chi connectivity index (χ4n) is 4.22. The minimum absolute atomic E-state index is 0.271. The zero-order valence-corrected chi connectivity index (χ0v) is 19.9. The second kappa shape index (κ2) is 11.0. The molecule has 6 N–H and O–H groups in total. The summed E-state index contributed by atoms with van der Waals surface area (Å²) >= 11 is 0. The van der Waals surface area contributed by atoms with Crippen LogP contribution in [0.1, 0.15) is 22.0 Å². The van der Waals surface area contributed by atoms with Crippen molar-refractivity contribution in [2.24, 2.45) is 0 Å². The normalized spacial score (nSPS) is 29.3. The quantitative estimate of drug-likeness (QED) is 0.209. The van der Waals surface area contributed by atoms with Crippen LogP contribution in [0.4, 0.5) is 0 Å². The van der Waals surface area contributed by atoms with Gasteiger partial charge in [0.2, 0.25) is 0 Å². The molecule has 2 aliphatic heterocycles. The van der Waals surface area contributed by atoms with E-state index in [1.807, 2.05) is 0 Å². The predicted molar refractivity (Wildman–Crippen MR) is 122 cm³/mol. The molecule has 2 saturated heterocycles. The second-order valence-electron chi connectivity index (χ2n) is 8.48. The molecule has 0 saturated carbocycles. The summed E-state index contributed by atoms with van der Waals surface area (Å²) in [6.07, 6.45) is -8.40. The second-order valence-corrected chi connectivity index (χ2v) is 8.48. The van der Waals surface area contributed by atoms with Gasteiger partial charge in [0.15, 0.2) is 35.0 Å². The number of methoxy groups -OCH3 is 2. The van der Waals surface area contributed by atoms with Crippen LogP contribution in [-0.2, 0) is 18.9 Å². The smallest absolute Gasteiger partial charge is 0.338 e. The standard InChI is InChI=1S/C24H28O13/c1-32-14-4-3-10(7-15(14)33-2)21-16(8-25)35-24-22(37-21)20(30)19(29)17(36-24)9-34-23(31)11-5-12(26)18(28)13(27)6-11/h3-7,16-17,19-22,24-30H,8-9H2,1-2H3/t16-,17+,19+,20-,21-,22+,24+/m0/s1. The lowest BCUT2D eigenvalue weighted by Gasteiger charge is -2.48. The summed E-state index contributed by atoms with van der Waals surface area (Å²) in [5, 5.41) is 59.9. The van der Waals surface area contributed by atoms with Crippen LogP contribution in [0.3, 0.4) is 0 Å². The lowest BCUT2D eigenvalue weighted by atomic mass is 9.95. The van der Waals surface area contributed by atoms with Crippen molar-refractivity contribution in [1.29, 1.82) is 0 Å². The summed E-state index contributed by atoms with van der Waals surface area (Å²) in [7, 11) is 2.96. The number of phenols is 3. The number of ether oxygens (including phenoxy) is 6. The maximum absolute atomic E-state index is 12.3. The number of aromatic hydroxyl groups is 3. The minimum Gasteiger partial charge on any atom is -0.504 e. The van der Waals surface area contributed by atoms with Crippen molar-refractivity contribution >= 4 is 5.97 Å². The minimum atomic E-state index is -1.55. The third kappa shape index (κ3) is 5.23. The average Bonchev–Trinajstić information content (AvgIpc) is 2.91. The molecule has 0 unspecified atom stereocenters. The molecule has 0 amide bonds. The highest BCUT2D eigenvalue weighted by molar-refractivity contribution is 5.91. The Morgan fingerprint density at radius 2 is 1.54 bits per heavy atom. The van der Waals surface area contributed by atoms with Gasteiger partial charge in [-0.25, -0.2) is 4.79 Å². The van der Waals surface area contributed by atoms with Crippen molar-refractivity contribution in [3.05, 3.63) is 41.5 Å². The average molecular weight is 524 g/mol. The summed E-state index contributed by atoms with van der Waals surface area (Å²) in [5.74, 6) is -2.36. The molecule has 0 aromatic heterocycles. The van der Waals surface area contributed by atoms with Gasteiger partial charge in [0.25, 0.3) is 0 Å². The number of esters is 1. The number of hydrogen-bond donors (Lipinski definition) is 6. The molecular weight excluding hydrogens is 496 g/mol. The fraction of sp³-hybridized carbons (Fsp3) is 0.458. The Morgan fingerprint density at radius 1 is 0.892 bits per heavy atom. The lowest BCUT2D eigenvalue weighted by Crippen LogP contribution is -2.64. The highest BCUT2D eigenvalue weighted by Gasteiger charge is 2.52. The predicted octanol–water partition coefficient (Wildman–Crippen LogP) is -0.0583. The molecule has 13 nitrogen and oxygen atoms in total. The molecule has 7 atom stereocenters. The van der Waals surface area contributed by atoms with E-state index in [0.29, 0.717) is 17.1 Å². The van der Waals surface area contributed by atoms with Gasteiger partial charge >= 0.3 is 5.97 Å². The molecule has 2 heterocycles. The number of carbonyl (C=O) groups is 1. The number of benzene rings is 2. The Morgan fingerprint density at radius 3 is 2.16 bits per heavy atom. The van der Waals surface area contributed by atoms with Crippen LogP contribution in [0.15, 0.2) is 30.3 Å². The molecule has 2 aromatic carbocycles. The SMILES string of the molecule is COc1ccc([C@@H]2O[C@H]3[C@H](O[C@H]2CO)O[C@H](COC(=O)c2cc(O)c(O)c(O)c2)[C@@H](O)[C@@H]3O)cc1OC. The van der Waals surface area contributed by atoms with Crippen LogP contribution in [0.2, 0.25) is 0 Å². The highest BCUT2D eigenvalue weighted by atomic mass is 16.7. The van der Waals surface area contributed by atoms with Crippen molar-refractivity contribution < 1.29 is 63.9 Å². The number of carbonyl (C=O) groups excluding carboxylic acids is 1. The number of hydrogen-bond acceptors (Lipinski definition) is 13. The maximum Gasteiger partial charge on any atom is 0.338 e. The van der Waals surface area contributed by atoms with Gasteiger partial charge in [-0.15, -0.1) is 0 Å². The van der Waals surface area contributed by atoms with Gasteiger partial charge in [0.05, 0.1) is 26.4 Å². The van der Waals surface area contributed by atoms with E-state index in [0.717, 1.165) is 12.1 Å². The number of rotatable bonds is 7. The first-order valence-corrected chi connectivity index (χ1v) is 11.3. The molecule has 0 spiro atoms. The Balaban J connectivity index is 1.46. The van der Waals surface area contributed by atoms with Crippen molar-refractivity contribution in [2.45, 2.75) is 42.9 Å². The first-order chi connectivity index (χ1) is 17.7. The molecule has 2 fully saturated rings. The monoisotopic (exact) mass is 524 g/mol. The number of aliphatic hydroxyl groups is 3. The number of fused-ring (bicyclic) bond motifs is 1. The van der Waals surface area contributed by atoms with Gasteiger partial charge in [-0.2, -0.15) is 0 Å². The summed E-state index contributed by atoms with van der Waals surface area (Å²) < 4.78 is 33.2. The van der Waals surface area contributed by atoms with Gasteiger partial charge in [-0.3, -0.25) is 0 Å². The van der Waals surface area contributed by atoms with E-state index in [9.17, 15) is 35.4 Å². The van der Waals surface area contributed by atoms with Crippen LogP contribution >= 0.6 is 0 Å². The summed E-state index contributed by atoms with van der Waals surface area (Å²) in [5.41, 5.74) is 0.292. The van der Waals surface area contributed by atoms with Crippen molar-refractivity contribution in [2.75, 3.05) is 27.4 Å². The van der Waals surface area contributed by atoms with Gasteiger partial charge in [0.1, 0.15) is 43.2 Å². The Labute approximate surface area is 210 Å². The molecule has 2 aromatic rings. The van der Waals surface area contributed by atoms with E-state index in [2.05, 4.69) is 0 Å². The Bertz CT molecular complexity index is 1100. The highest BCUT2D eigenvalue weighted by Crippen LogP contribution is 2.40. The van der Waals surface area contributed by atoms with Crippen molar-refractivity contribution in [3.8, 4) is 28.7 Å². The van der Waals surface area contributed by atoms with Crippen LogP contribution in [0, 0.1) is 0 Å². The molecule has 0 bridgehead atoms. The van der Waals surface area contributed by atoms with E-state index < -0.39 is 79.3 Å². The van der Waals surface area contributed by atoms with E-state index in [1.165, 1.54) is 14.2 Å². The third-order valence-electron chi connectivity index (χ3n) is 6.20. The topological polar surface area (TPSA) is 194 Å². The molecule has 0 radical (unpaired) electrons. The number of aliphatic hydroxyl groups excluding tert-OH is 3. The Hall–Kier alpha value is -3.33. The van der Waals surface area contributed by atoms with Crippen molar-refractivity contribution in [3.63, 3.8) is 0 Å². The Kier molecular flexibility index (Phi) is 7.92. The summed E-state index contributed by atoms with van der Waals surface area (Å²) in [4.78, 5) is 12.3. The third-order valence-corrected chi connectivity index (χ3v) is 6.20. The van der Waals surface area contributed by atoms with Gasteiger partial charge in [-0.1, -0.05) is 6.07 Å². The van der Waals surface area contributed by atoms with E-state index in [-0.39, 0.29) is 5.56 Å². The largest absolute Gasteiger partial charge is 0.504 e. The molecule has 2 aliphatic rings. The summed E-state index contributed by atoms with van der Waals surface area (Å²) in [6, 6.07) is 6.76. The van der Waals surface area contributed by atoms with Crippen LogP contribution in [0.25, 0.3) is 0 Å². The van der Waals surface area contributed by atoms with E-state index >= 15 is 0 Å². The van der Waals surface area contributed by atoms with Crippen LogP contribution in [-0.4, -0.2) is 101 Å². The fourth-order valence-corrected chi connectivity index (χ4v) is 4.22. The zero-order valence-electron chi connectivity index (χ0n) is 19.9. The van der Waals surface area contributed by atoms with E-state index in [4.69, 9.17) is 28.4 Å². The van der Waals surface area contributed by atoms with Crippen LogP contribution < -0.4 is 9.47 Å². The lowest BCUT2D eigenvalue weighted by molar-refractivity contribution is -0.370. The molecular formula is C24H28O13. The van der Waals surface area contributed by atoms with Crippen LogP contribution in [0.5, 0.6) is 28.7 Å². The summed E-state index contributed by atoms with van der Waals surface area (Å²) in [6.45, 7) is -0.993. The number of phenolic OH excluding ortho intramolecular Hbond substituents is 3. The van der Waals surface area contributed by atoms with E-state index in [1.54, 1.807) is 18.2 Å². The molecule has 37 heavy (non-hydrogen) atoms.